The van der Waals surface area contributed by atoms with Crippen LogP contribution in [0.25, 0.3) is 17.0 Å². The molecule has 0 radical (unpaired) electrons. The van der Waals surface area contributed by atoms with Gasteiger partial charge in [0.15, 0.2) is 24.7 Å². The highest BCUT2D eigenvalue weighted by atomic mass is 16.6. The number of carbonyl (C=O) groups excluding carboxylic acids is 1. The lowest BCUT2D eigenvalue weighted by Crippen LogP contribution is -2.33. The molecule has 0 saturated heterocycles. The van der Waals surface area contributed by atoms with E-state index in [-0.39, 0.29) is 11.5 Å². The molecule has 0 saturated carbocycles. The van der Waals surface area contributed by atoms with E-state index in [1.807, 2.05) is 53.4 Å². The maximum atomic E-state index is 12.4. The molecule has 0 aliphatic carbocycles. The van der Waals surface area contributed by atoms with Crippen molar-refractivity contribution in [3.63, 3.8) is 0 Å². The molecule has 2 aromatic heterocycles. The first kappa shape index (κ1) is 18.3. The van der Waals surface area contributed by atoms with E-state index in [0.29, 0.717) is 17.9 Å². The smallest absolute Gasteiger partial charge is 0.269 e. The van der Waals surface area contributed by atoms with E-state index in [4.69, 9.17) is 4.42 Å². The number of allylic oxidation sites excluding steroid dienone is 1. The van der Waals surface area contributed by atoms with Gasteiger partial charge in [-0.15, -0.1) is 0 Å². The molecule has 142 valence electrons. The summed E-state index contributed by atoms with van der Waals surface area (Å²) in [5, 5.41) is 11.6. The number of hydrogen-bond acceptors (Lipinski definition) is 4. The minimum Gasteiger partial charge on any atom is -0.453 e. The standard InChI is InChI=1S/C23H17N2O4/c26-21(23-14-19-5-1-2-6-22(19)29-23)12-9-17-4-3-13-24(15-17)16-18-7-10-20(11-8-18)25(27)28/h1-15H,16H2/q+1. The van der Waals surface area contributed by atoms with Crippen molar-refractivity contribution in [2.45, 2.75) is 6.54 Å². The van der Waals surface area contributed by atoms with Gasteiger partial charge in [-0.3, -0.25) is 14.9 Å². The SMILES string of the molecule is O=C(C=Cc1ccc[n+](Cc2ccc([N+](=O)[O-])cc2)c1)c1cc2ccccc2o1. The summed E-state index contributed by atoms with van der Waals surface area (Å²) in [6, 6.07) is 19.5. The van der Waals surface area contributed by atoms with Gasteiger partial charge in [-0.05, 0) is 42.5 Å². The third-order valence-electron chi connectivity index (χ3n) is 4.49. The van der Waals surface area contributed by atoms with Crippen LogP contribution in [0.15, 0.2) is 89.6 Å². The Morgan fingerprint density at radius 1 is 1.07 bits per heavy atom. The number of para-hydroxylation sites is 1. The van der Waals surface area contributed by atoms with Crippen molar-refractivity contribution in [3.8, 4) is 0 Å². The largest absolute Gasteiger partial charge is 0.453 e. The molecule has 2 heterocycles. The zero-order chi connectivity index (χ0) is 20.2. The van der Waals surface area contributed by atoms with Crippen molar-refractivity contribution in [1.82, 2.24) is 0 Å². The van der Waals surface area contributed by atoms with Crippen LogP contribution in [0.2, 0.25) is 0 Å². The molecular weight excluding hydrogens is 368 g/mol. The molecule has 0 aliphatic heterocycles. The summed E-state index contributed by atoms with van der Waals surface area (Å²) in [6.07, 6.45) is 7.04. The van der Waals surface area contributed by atoms with Gasteiger partial charge in [0.25, 0.3) is 5.69 Å². The van der Waals surface area contributed by atoms with Crippen LogP contribution in [0.4, 0.5) is 5.69 Å². The molecule has 0 spiro atoms. The van der Waals surface area contributed by atoms with Crippen molar-refractivity contribution < 1.29 is 18.7 Å². The number of nitrogens with zero attached hydrogens (tertiary/aromatic N) is 2. The summed E-state index contributed by atoms with van der Waals surface area (Å²) in [7, 11) is 0. The summed E-state index contributed by atoms with van der Waals surface area (Å²) in [5.41, 5.74) is 2.56. The van der Waals surface area contributed by atoms with Gasteiger partial charge in [-0.25, -0.2) is 4.57 Å². The van der Waals surface area contributed by atoms with Crippen molar-refractivity contribution >= 4 is 28.5 Å². The van der Waals surface area contributed by atoms with Crippen molar-refractivity contribution in [1.29, 1.82) is 0 Å². The molecule has 0 bridgehead atoms. The molecule has 0 atom stereocenters. The van der Waals surface area contributed by atoms with Crippen LogP contribution in [-0.4, -0.2) is 10.7 Å². The Labute approximate surface area is 166 Å². The molecule has 0 fully saturated rings. The predicted molar refractivity (Wildman–Crippen MR) is 108 cm³/mol. The molecule has 4 aromatic rings. The molecule has 4 rings (SSSR count). The molecule has 6 heteroatoms. The first-order chi connectivity index (χ1) is 14.1. The maximum absolute atomic E-state index is 12.4. The molecule has 0 amide bonds. The number of aromatic nitrogens is 1. The van der Waals surface area contributed by atoms with Gasteiger partial charge in [0.2, 0.25) is 5.78 Å². The predicted octanol–water partition coefficient (Wildman–Crippen LogP) is 4.57. The quantitative estimate of drug-likeness (QED) is 0.160. The number of ketones is 1. The fourth-order valence-electron chi connectivity index (χ4n) is 3.03. The average molecular weight is 385 g/mol. The number of fused-ring (bicyclic) bond motifs is 1. The Bertz CT molecular complexity index is 1190. The topological polar surface area (TPSA) is 77.2 Å². The minimum atomic E-state index is -0.415. The Morgan fingerprint density at radius 3 is 2.62 bits per heavy atom. The Kier molecular flexibility index (Phi) is 4.99. The normalized spacial score (nSPS) is 11.2. The van der Waals surface area contributed by atoms with E-state index in [1.54, 1.807) is 24.3 Å². The van der Waals surface area contributed by atoms with Crippen LogP contribution in [0.5, 0.6) is 0 Å². The number of carbonyl (C=O) groups is 1. The highest BCUT2D eigenvalue weighted by Crippen LogP contribution is 2.19. The fraction of sp³-hybridized carbons (Fsp3) is 0.0435. The number of rotatable bonds is 6. The monoisotopic (exact) mass is 385 g/mol. The number of hydrogen-bond donors (Lipinski definition) is 0. The van der Waals surface area contributed by atoms with E-state index in [0.717, 1.165) is 16.5 Å². The Balaban J connectivity index is 1.47. The third kappa shape index (κ3) is 4.27. The van der Waals surface area contributed by atoms with Gasteiger partial charge in [0, 0.05) is 34.7 Å². The van der Waals surface area contributed by atoms with Crippen LogP contribution in [0, 0.1) is 10.1 Å². The summed E-state index contributed by atoms with van der Waals surface area (Å²) in [4.78, 5) is 22.7. The molecule has 2 aromatic carbocycles. The van der Waals surface area contributed by atoms with Crippen LogP contribution in [-0.2, 0) is 6.54 Å². The fourth-order valence-corrected chi connectivity index (χ4v) is 3.03. The summed E-state index contributed by atoms with van der Waals surface area (Å²) >= 11 is 0. The lowest BCUT2D eigenvalue weighted by atomic mass is 10.2. The van der Waals surface area contributed by atoms with E-state index in [9.17, 15) is 14.9 Å². The van der Waals surface area contributed by atoms with Crippen LogP contribution >= 0.6 is 0 Å². The van der Waals surface area contributed by atoms with Gasteiger partial charge in [-0.2, -0.15) is 0 Å². The first-order valence-corrected chi connectivity index (χ1v) is 9.02. The molecule has 0 aliphatic rings. The van der Waals surface area contributed by atoms with Gasteiger partial charge < -0.3 is 4.42 Å². The van der Waals surface area contributed by atoms with Crippen molar-refractivity contribution in [2.75, 3.05) is 0 Å². The second-order valence-corrected chi connectivity index (χ2v) is 6.58. The molecule has 0 N–H and O–H groups in total. The molecule has 0 unspecified atom stereocenters. The summed E-state index contributed by atoms with van der Waals surface area (Å²) in [5.74, 6) is 0.101. The Morgan fingerprint density at radius 2 is 1.86 bits per heavy atom. The maximum Gasteiger partial charge on any atom is 0.269 e. The number of non-ortho nitro benzene ring substituents is 1. The first-order valence-electron chi connectivity index (χ1n) is 9.02. The van der Waals surface area contributed by atoms with Gasteiger partial charge in [-0.1, -0.05) is 18.2 Å². The third-order valence-corrected chi connectivity index (χ3v) is 4.49. The zero-order valence-electron chi connectivity index (χ0n) is 15.4. The lowest BCUT2D eigenvalue weighted by molar-refractivity contribution is -0.688. The number of pyridine rings is 1. The highest BCUT2D eigenvalue weighted by Gasteiger charge is 2.10. The second kappa shape index (κ2) is 7.90. The minimum absolute atomic E-state index is 0.0690. The number of nitro groups is 1. The average Bonchev–Trinajstić information content (AvgIpc) is 3.17. The van der Waals surface area contributed by atoms with Crippen LogP contribution < -0.4 is 4.57 Å². The lowest BCUT2D eigenvalue weighted by Gasteiger charge is -1.99. The van der Waals surface area contributed by atoms with Gasteiger partial charge >= 0.3 is 0 Å². The summed E-state index contributed by atoms with van der Waals surface area (Å²) in [6.45, 7) is 0.567. The molecule has 6 nitrogen and oxygen atoms in total. The van der Waals surface area contributed by atoms with E-state index in [2.05, 4.69) is 0 Å². The number of furan rings is 1. The zero-order valence-corrected chi connectivity index (χ0v) is 15.4. The van der Waals surface area contributed by atoms with Crippen LogP contribution in [0.1, 0.15) is 21.7 Å². The van der Waals surface area contributed by atoms with Gasteiger partial charge in [0.1, 0.15) is 5.58 Å². The van der Waals surface area contributed by atoms with E-state index in [1.165, 1.54) is 18.2 Å². The summed E-state index contributed by atoms with van der Waals surface area (Å²) < 4.78 is 7.54. The van der Waals surface area contributed by atoms with Crippen LogP contribution in [0.3, 0.4) is 0 Å². The van der Waals surface area contributed by atoms with E-state index < -0.39 is 4.92 Å². The molecular formula is C23H17N2O4+. The van der Waals surface area contributed by atoms with Crippen molar-refractivity contribution in [2.24, 2.45) is 0 Å². The Hall–Kier alpha value is -4.06. The number of benzene rings is 2. The highest BCUT2D eigenvalue weighted by molar-refractivity contribution is 6.06. The van der Waals surface area contributed by atoms with E-state index >= 15 is 0 Å². The van der Waals surface area contributed by atoms with Gasteiger partial charge in [0.05, 0.1) is 4.92 Å². The second-order valence-electron chi connectivity index (χ2n) is 6.58. The van der Waals surface area contributed by atoms with Crippen molar-refractivity contribution in [3.05, 3.63) is 112 Å². The molecule has 29 heavy (non-hydrogen) atoms. The number of nitro benzene ring substituents is 1.